The van der Waals surface area contributed by atoms with E-state index in [-0.39, 0.29) is 24.0 Å². The van der Waals surface area contributed by atoms with E-state index in [2.05, 4.69) is 17.6 Å². The molecule has 1 saturated carbocycles. The van der Waals surface area contributed by atoms with E-state index >= 15 is 0 Å². The average Bonchev–Trinajstić information content (AvgIpc) is 2.56. The first-order valence-electron chi connectivity index (χ1n) is 9.30. The lowest BCUT2D eigenvalue weighted by Crippen LogP contribution is -2.46. The highest BCUT2D eigenvalue weighted by Crippen LogP contribution is 2.43. The predicted octanol–water partition coefficient (Wildman–Crippen LogP) is 3.89. The largest absolute Gasteiger partial charge is 0.507 e. The summed E-state index contributed by atoms with van der Waals surface area (Å²) in [4.78, 5) is 4.72. The third kappa shape index (κ3) is 6.30. The van der Waals surface area contributed by atoms with Crippen LogP contribution in [0.4, 0.5) is 0 Å². The van der Waals surface area contributed by atoms with E-state index in [0.29, 0.717) is 17.7 Å². The van der Waals surface area contributed by atoms with Crippen LogP contribution in [0.5, 0.6) is 5.75 Å². The third-order valence-electron chi connectivity index (χ3n) is 5.20. The lowest BCUT2D eigenvalue weighted by Gasteiger charge is -2.42. The monoisotopic (exact) mass is 475 g/mol. The van der Waals surface area contributed by atoms with Crippen molar-refractivity contribution in [2.24, 2.45) is 10.4 Å². The maximum Gasteiger partial charge on any atom is 0.191 e. The zero-order valence-corrected chi connectivity index (χ0v) is 18.9. The maximum atomic E-state index is 9.90. The number of hydrogen-bond acceptors (Lipinski definition) is 3. The number of aryl methyl sites for hydroxylation is 2. The summed E-state index contributed by atoms with van der Waals surface area (Å²) in [6.45, 7) is 9.13. The van der Waals surface area contributed by atoms with E-state index < -0.39 is 0 Å². The van der Waals surface area contributed by atoms with Crippen LogP contribution in [0.25, 0.3) is 0 Å². The summed E-state index contributed by atoms with van der Waals surface area (Å²) in [5.41, 5.74) is 3.27. The molecule has 26 heavy (non-hydrogen) atoms. The van der Waals surface area contributed by atoms with Crippen molar-refractivity contribution in [3.05, 3.63) is 28.8 Å². The van der Waals surface area contributed by atoms with Gasteiger partial charge in [0.25, 0.3) is 0 Å². The van der Waals surface area contributed by atoms with Crippen LogP contribution in [-0.2, 0) is 11.3 Å². The average molecular weight is 475 g/mol. The molecule has 0 spiro atoms. The Morgan fingerprint density at radius 2 is 1.88 bits per heavy atom. The highest BCUT2D eigenvalue weighted by molar-refractivity contribution is 14.0. The Balaban J connectivity index is 0.00000338. The number of aromatic hydroxyl groups is 1. The van der Waals surface area contributed by atoms with Gasteiger partial charge in [-0.1, -0.05) is 18.6 Å². The molecule has 1 fully saturated rings. The summed E-state index contributed by atoms with van der Waals surface area (Å²) >= 11 is 0. The molecule has 1 aromatic carbocycles. The van der Waals surface area contributed by atoms with Crippen molar-refractivity contribution in [1.29, 1.82) is 0 Å². The van der Waals surface area contributed by atoms with Gasteiger partial charge in [-0.15, -0.1) is 24.0 Å². The van der Waals surface area contributed by atoms with Crippen LogP contribution in [0, 0.1) is 19.3 Å². The molecule has 0 bridgehead atoms. The van der Waals surface area contributed by atoms with Crippen molar-refractivity contribution >= 4 is 29.9 Å². The van der Waals surface area contributed by atoms with Gasteiger partial charge in [0.05, 0.1) is 6.54 Å². The van der Waals surface area contributed by atoms with Crippen LogP contribution in [0.2, 0.25) is 0 Å². The minimum absolute atomic E-state index is 0. The molecule has 0 saturated heterocycles. The van der Waals surface area contributed by atoms with E-state index in [1.165, 1.54) is 19.3 Å². The summed E-state index contributed by atoms with van der Waals surface area (Å²) in [7, 11) is 1.77. The Bertz CT molecular complexity index is 578. The number of rotatable bonds is 8. The minimum Gasteiger partial charge on any atom is -0.507 e. The van der Waals surface area contributed by atoms with E-state index in [1.807, 2.05) is 26.0 Å². The van der Waals surface area contributed by atoms with Gasteiger partial charge in [-0.05, 0) is 62.1 Å². The maximum absolute atomic E-state index is 9.90. The molecule has 0 aliphatic heterocycles. The topological polar surface area (TPSA) is 65.9 Å². The van der Waals surface area contributed by atoms with Gasteiger partial charge in [-0.2, -0.15) is 0 Å². The minimum atomic E-state index is 0. The normalized spacial score (nSPS) is 15.8. The zero-order chi connectivity index (χ0) is 18.3. The number of halogens is 1. The molecule has 0 atom stereocenters. The van der Waals surface area contributed by atoms with E-state index in [4.69, 9.17) is 9.73 Å². The van der Waals surface area contributed by atoms with Crippen LogP contribution in [0.3, 0.4) is 0 Å². The number of phenols is 1. The molecule has 3 N–H and O–H groups in total. The number of benzene rings is 1. The van der Waals surface area contributed by atoms with Crippen molar-refractivity contribution in [2.45, 2.75) is 53.0 Å². The number of methoxy groups -OCH3 is 1. The Kier molecular flexibility index (Phi) is 9.71. The number of guanidine groups is 1. The van der Waals surface area contributed by atoms with Crippen molar-refractivity contribution in [1.82, 2.24) is 10.6 Å². The van der Waals surface area contributed by atoms with Crippen molar-refractivity contribution in [3.63, 3.8) is 0 Å². The highest BCUT2D eigenvalue weighted by atomic mass is 127. The molecule has 1 aliphatic carbocycles. The molecule has 6 heteroatoms. The summed E-state index contributed by atoms with van der Waals surface area (Å²) in [6, 6.07) is 4.00. The van der Waals surface area contributed by atoms with Gasteiger partial charge in [0.15, 0.2) is 5.96 Å². The summed E-state index contributed by atoms with van der Waals surface area (Å²) in [5.74, 6) is 1.23. The Morgan fingerprint density at radius 3 is 2.38 bits per heavy atom. The van der Waals surface area contributed by atoms with Crippen LogP contribution in [-0.4, -0.2) is 37.9 Å². The lowest BCUT2D eigenvalue weighted by molar-refractivity contribution is 0.0732. The van der Waals surface area contributed by atoms with Crippen LogP contribution in [0.1, 0.15) is 49.3 Å². The number of aliphatic imine (C=N–C) groups is 1. The SMILES string of the molecule is CCNC(=NCc1cc(C)c(O)c(C)c1)NCC1(CCOC)CCC1.I. The Morgan fingerprint density at radius 1 is 1.23 bits per heavy atom. The number of hydrogen-bond donors (Lipinski definition) is 3. The molecule has 0 aromatic heterocycles. The summed E-state index contributed by atoms with van der Waals surface area (Å²) < 4.78 is 5.27. The number of phenolic OH excluding ortho intramolecular Hbond substituents is 1. The lowest BCUT2D eigenvalue weighted by atomic mass is 9.67. The first-order valence-corrected chi connectivity index (χ1v) is 9.30. The molecule has 5 nitrogen and oxygen atoms in total. The van der Waals surface area contributed by atoms with Gasteiger partial charge < -0.3 is 20.5 Å². The molecule has 0 amide bonds. The Hall–Kier alpha value is -1.02. The molecule has 148 valence electrons. The van der Waals surface area contributed by atoms with Gasteiger partial charge in [-0.3, -0.25) is 0 Å². The number of nitrogens with one attached hydrogen (secondary N) is 2. The molecule has 1 aromatic rings. The molecular weight excluding hydrogens is 441 g/mol. The van der Waals surface area contributed by atoms with Crippen LogP contribution >= 0.6 is 24.0 Å². The fourth-order valence-corrected chi connectivity index (χ4v) is 3.43. The van der Waals surface area contributed by atoms with Crippen LogP contribution in [0.15, 0.2) is 17.1 Å². The summed E-state index contributed by atoms with van der Waals surface area (Å²) in [5, 5.41) is 16.7. The fourth-order valence-electron chi connectivity index (χ4n) is 3.43. The molecular formula is C20H34IN3O2. The van der Waals surface area contributed by atoms with E-state index in [1.54, 1.807) is 7.11 Å². The predicted molar refractivity (Wildman–Crippen MR) is 119 cm³/mol. The number of nitrogens with zero attached hydrogens (tertiary/aromatic N) is 1. The fraction of sp³-hybridized carbons (Fsp3) is 0.650. The second-order valence-corrected chi connectivity index (χ2v) is 7.22. The van der Waals surface area contributed by atoms with Gasteiger partial charge in [-0.25, -0.2) is 4.99 Å². The standard InChI is InChI=1S/C20H33N3O2.HI/c1-5-21-19(23-14-20(7-6-8-20)9-10-25-4)22-13-17-11-15(2)18(24)16(3)12-17;/h11-12,24H,5-10,13-14H2,1-4H3,(H2,21,22,23);1H. The second-order valence-electron chi connectivity index (χ2n) is 7.22. The first kappa shape index (κ1) is 23.0. The molecule has 0 unspecified atom stereocenters. The van der Waals surface area contributed by atoms with Gasteiger partial charge in [0, 0.05) is 26.8 Å². The highest BCUT2D eigenvalue weighted by Gasteiger charge is 2.36. The molecule has 1 aliphatic rings. The third-order valence-corrected chi connectivity index (χ3v) is 5.20. The quantitative estimate of drug-likeness (QED) is 0.303. The van der Waals surface area contributed by atoms with Gasteiger partial charge >= 0.3 is 0 Å². The Labute approximate surface area is 175 Å². The number of ether oxygens (including phenoxy) is 1. The zero-order valence-electron chi connectivity index (χ0n) is 16.5. The molecule has 0 radical (unpaired) electrons. The first-order chi connectivity index (χ1) is 12.0. The van der Waals surface area contributed by atoms with E-state index in [0.717, 1.165) is 48.8 Å². The van der Waals surface area contributed by atoms with Crippen molar-refractivity contribution in [3.8, 4) is 5.75 Å². The smallest absolute Gasteiger partial charge is 0.191 e. The van der Waals surface area contributed by atoms with Crippen LogP contribution < -0.4 is 10.6 Å². The summed E-state index contributed by atoms with van der Waals surface area (Å²) in [6.07, 6.45) is 4.94. The van der Waals surface area contributed by atoms with Gasteiger partial charge in [0.1, 0.15) is 5.75 Å². The van der Waals surface area contributed by atoms with Crippen molar-refractivity contribution in [2.75, 3.05) is 26.8 Å². The molecule has 2 rings (SSSR count). The molecule has 0 heterocycles. The van der Waals surface area contributed by atoms with Gasteiger partial charge in [0.2, 0.25) is 0 Å². The van der Waals surface area contributed by atoms with Crippen molar-refractivity contribution < 1.29 is 9.84 Å². The van der Waals surface area contributed by atoms with E-state index in [9.17, 15) is 5.11 Å². The second kappa shape index (κ2) is 11.0.